The van der Waals surface area contributed by atoms with Crippen molar-refractivity contribution in [1.82, 2.24) is 9.97 Å². The molecule has 1 aromatic heterocycles. The summed E-state index contributed by atoms with van der Waals surface area (Å²) in [5, 5.41) is 0. The molecule has 0 aliphatic carbocycles. The van der Waals surface area contributed by atoms with Crippen molar-refractivity contribution in [2.24, 2.45) is 0 Å². The molecule has 0 saturated heterocycles. The lowest BCUT2D eigenvalue weighted by molar-refractivity contribution is 0.181. The fraction of sp³-hybridized carbons (Fsp3) is 0.231. The van der Waals surface area contributed by atoms with E-state index in [0.717, 1.165) is 5.69 Å². The molecule has 0 amide bonds. The SMILES string of the molecule is COCc1cc(=S)nc(CSc2ccccc2F)[nH]1. The van der Waals surface area contributed by atoms with Crippen molar-refractivity contribution in [3.63, 3.8) is 0 Å². The van der Waals surface area contributed by atoms with E-state index in [0.29, 0.717) is 27.7 Å². The van der Waals surface area contributed by atoms with Crippen molar-refractivity contribution in [2.45, 2.75) is 17.3 Å². The van der Waals surface area contributed by atoms with Crippen LogP contribution in [-0.4, -0.2) is 17.1 Å². The highest BCUT2D eigenvalue weighted by Gasteiger charge is 2.04. The topological polar surface area (TPSA) is 37.9 Å². The van der Waals surface area contributed by atoms with Crippen molar-refractivity contribution < 1.29 is 9.13 Å². The second-order valence-electron chi connectivity index (χ2n) is 3.84. The summed E-state index contributed by atoms with van der Waals surface area (Å²) >= 11 is 6.47. The number of aromatic amines is 1. The molecule has 0 atom stereocenters. The van der Waals surface area contributed by atoms with E-state index in [9.17, 15) is 4.39 Å². The van der Waals surface area contributed by atoms with Gasteiger partial charge >= 0.3 is 0 Å². The van der Waals surface area contributed by atoms with Crippen LogP contribution in [0.1, 0.15) is 11.5 Å². The lowest BCUT2D eigenvalue weighted by atomic mass is 10.3. The normalized spacial score (nSPS) is 10.6. The first-order chi connectivity index (χ1) is 9.19. The second kappa shape index (κ2) is 6.79. The van der Waals surface area contributed by atoms with E-state index in [1.807, 2.05) is 6.07 Å². The van der Waals surface area contributed by atoms with E-state index >= 15 is 0 Å². The zero-order chi connectivity index (χ0) is 13.7. The Hall–Kier alpha value is -1.24. The van der Waals surface area contributed by atoms with Gasteiger partial charge < -0.3 is 9.72 Å². The second-order valence-corrected chi connectivity index (χ2v) is 5.28. The molecule has 0 fully saturated rings. The van der Waals surface area contributed by atoms with Gasteiger partial charge in [0.05, 0.1) is 12.4 Å². The summed E-state index contributed by atoms with van der Waals surface area (Å²) in [6.07, 6.45) is 0. The lowest BCUT2D eigenvalue weighted by Gasteiger charge is -2.06. The Labute approximate surface area is 120 Å². The summed E-state index contributed by atoms with van der Waals surface area (Å²) < 4.78 is 19.0. The number of ether oxygens (including phenoxy) is 1. The number of hydrogen-bond acceptors (Lipinski definition) is 4. The molecular formula is C13H13FN2OS2. The number of rotatable bonds is 5. The molecule has 0 spiro atoms. The van der Waals surface area contributed by atoms with E-state index in [1.165, 1.54) is 17.8 Å². The summed E-state index contributed by atoms with van der Waals surface area (Å²) in [6.45, 7) is 0.448. The highest BCUT2D eigenvalue weighted by molar-refractivity contribution is 7.98. The quantitative estimate of drug-likeness (QED) is 0.674. The molecule has 0 bridgehead atoms. The minimum atomic E-state index is -0.223. The molecule has 0 saturated carbocycles. The van der Waals surface area contributed by atoms with E-state index in [4.69, 9.17) is 17.0 Å². The van der Waals surface area contributed by atoms with Crippen LogP contribution in [0, 0.1) is 10.5 Å². The zero-order valence-electron chi connectivity index (χ0n) is 10.4. The van der Waals surface area contributed by atoms with Crippen molar-refractivity contribution in [1.29, 1.82) is 0 Å². The van der Waals surface area contributed by atoms with Crippen molar-refractivity contribution in [2.75, 3.05) is 7.11 Å². The fourth-order valence-corrected chi connectivity index (χ4v) is 2.64. The van der Waals surface area contributed by atoms with Crippen LogP contribution in [-0.2, 0) is 17.1 Å². The number of halogens is 1. The lowest BCUT2D eigenvalue weighted by Crippen LogP contribution is -2.00. The smallest absolute Gasteiger partial charge is 0.136 e. The molecule has 19 heavy (non-hydrogen) atoms. The zero-order valence-corrected chi connectivity index (χ0v) is 12.0. The molecule has 100 valence electrons. The van der Waals surface area contributed by atoms with Gasteiger partial charge in [-0.3, -0.25) is 0 Å². The monoisotopic (exact) mass is 296 g/mol. The minimum Gasteiger partial charge on any atom is -0.378 e. The number of aromatic nitrogens is 2. The fourth-order valence-electron chi connectivity index (χ4n) is 1.57. The third-order valence-corrected chi connectivity index (χ3v) is 3.62. The van der Waals surface area contributed by atoms with Gasteiger partial charge in [0.2, 0.25) is 0 Å². The Morgan fingerprint density at radius 1 is 1.42 bits per heavy atom. The number of thioether (sulfide) groups is 1. The average molecular weight is 296 g/mol. The van der Waals surface area contributed by atoms with Crippen molar-refractivity contribution >= 4 is 24.0 Å². The Kier molecular flexibility index (Phi) is 5.07. The van der Waals surface area contributed by atoms with Crippen molar-refractivity contribution in [3.8, 4) is 0 Å². The number of nitrogens with one attached hydrogen (secondary N) is 1. The summed E-state index contributed by atoms with van der Waals surface area (Å²) in [5.41, 5.74) is 0.867. The third kappa shape index (κ3) is 4.12. The van der Waals surface area contributed by atoms with E-state index in [2.05, 4.69) is 9.97 Å². The largest absolute Gasteiger partial charge is 0.378 e. The Balaban J connectivity index is 2.11. The van der Waals surface area contributed by atoms with E-state index in [-0.39, 0.29) is 5.82 Å². The molecule has 0 aliphatic rings. The average Bonchev–Trinajstić information content (AvgIpc) is 2.37. The summed E-state index contributed by atoms with van der Waals surface area (Å²) in [4.78, 5) is 7.95. The minimum absolute atomic E-state index is 0.223. The summed E-state index contributed by atoms with van der Waals surface area (Å²) in [6, 6.07) is 8.43. The Morgan fingerprint density at radius 3 is 2.95 bits per heavy atom. The van der Waals surface area contributed by atoms with Gasteiger partial charge in [-0.2, -0.15) is 0 Å². The first-order valence-electron chi connectivity index (χ1n) is 5.64. The van der Waals surface area contributed by atoms with Gasteiger partial charge in [0.1, 0.15) is 16.3 Å². The number of hydrogen-bond donors (Lipinski definition) is 1. The van der Waals surface area contributed by atoms with Gasteiger partial charge in [0, 0.05) is 17.7 Å². The van der Waals surface area contributed by atoms with Gasteiger partial charge in [0.25, 0.3) is 0 Å². The molecular weight excluding hydrogens is 283 g/mol. The van der Waals surface area contributed by atoms with Crippen LogP contribution in [0.4, 0.5) is 4.39 Å². The molecule has 1 heterocycles. The maximum atomic E-state index is 13.5. The summed E-state index contributed by atoms with van der Waals surface area (Å²) in [5.74, 6) is 1.02. The molecule has 6 heteroatoms. The molecule has 1 N–H and O–H groups in total. The van der Waals surface area contributed by atoms with Crippen LogP contribution in [0.2, 0.25) is 0 Å². The standard InChI is InChI=1S/C13H13FN2OS2/c1-17-7-9-6-13(18)16-12(15-9)8-19-11-5-3-2-4-10(11)14/h2-6H,7-8H2,1H3,(H,15,16,18). The molecule has 2 rings (SSSR count). The number of H-pyrrole nitrogens is 1. The predicted molar refractivity (Wildman–Crippen MR) is 76.1 cm³/mol. The first kappa shape index (κ1) is 14.2. The third-order valence-electron chi connectivity index (χ3n) is 2.35. The number of nitrogens with zero attached hydrogens (tertiary/aromatic N) is 1. The molecule has 0 radical (unpaired) electrons. The molecule has 0 unspecified atom stereocenters. The molecule has 1 aromatic carbocycles. The Morgan fingerprint density at radius 2 is 2.21 bits per heavy atom. The Bertz CT molecular complexity index is 616. The van der Waals surface area contributed by atoms with Crippen LogP contribution < -0.4 is 0 Å². The summed E-state index contributed by atoms with van der Waals surface area (Å²) in [7, 11) is 1.62. The molecule has 2 aromatic rings. The number of methoxy groups -OCH3 is 1. The van der Waals surface area contributed by atoms with E-state index in [1.54, 1.807) is 25.3 Å². The van der Waals surface area contributed by atoms with Crippen LogP contribution in [0.3, 0.4) is 0 Å². The van der Waals surface area contributed by atoms with Gasteiger partial charge in [0.15, 0.2) is 0 Å². The highest BCUT2D eigenvalue weighted by Crippen LogP contribution is 2.23. The molecule has 3 nitrogen and oxygen atoms in total. The van der Waals surface area contributed by atoms with Gasteiger partial charge in [-0.05, 0) is 18.2 Å². The van der Waals surface area contributed by atoms with Gasteiger partial charge in [-0.25, -0.2) is 9.37 Å². The van der Waals surface area contributed by atoms with Crippen molar-refractivity contribution in [3.05, 3.63) is 52.3 Å². The van der Waals surface area contributed by atoms with Gasteiger partial charge in [-0.1, -0.05) is 24.4 Å². The van der Waals surface area contributed by atoms with Crippen LogP contribution in [0.25, 0.3) is 0 Å². The maximum Gasteiger partial charge on any atom is 0.136 e. The maximum absolute atomic E-state index is 13.5. The predicted octanol–water partition coefficient (Wildman–Crippen LogP) is 3.72. The molecule has 0 aliphatic heterocycles. The van der Waals surface area contributed by atoms with Gasteiger partial charge in [-0.15, -0.1) is 11.8 Å². The van der Waals surface area contributed by atoms with E-state index < -0.39 is 0 Å². The van der Waals surface area contributed by atoms with Crippen LogP contribution in [0.5, 0.6) is 0 Å². The number of benzene rings is 1. The first-order valence-corrected chi connectivity index (χ1v) is 7.04. The highest BCUT2D eigenvalue weighted by atomic mass is 32.2. The van der Waals surface area contributed by atoms with Crippen LogP contribution >= 0.6 is 24.0 Å². The van der Waals surface area contributed by atoms with Crippen LogP contribution in [0.15, 0.2) is 35.2 Å².